The summed E-state index contributed by atoms with van der Waals surface area (Å²) in [6.07, 6.45) is 0. The van der Waals surface area contributed by atoms with Gasteiger partial charge in [0.05, 0.1) is 11.1 Å². The van der Waals surface area contributed by atoms with Crippen molar-refractivity contribution < 1.29 is 9.90 Å². The molecular weight excluding hydrogens is 238 g/mol. The number of nitrogens with zero attached hydrogens (tertiary/aromatic N) is 2. The number of H-pyrrole nitrogens is 1. The van der Waals surface area contributed by atoms with E-state index in [9.17, 15) is 14.4 Å². The highest BCUT2D eigenvalue weighted by Crippen LogP contribution is 2.14. The minimum absolute atomic E-state index is 0.0467. The number of nitrogens with one attached hydrogen (secondary N) is 1. The van der Waals surface area contributed by atoms with Gasteiger partial charge in [-0.3, -0.25) is 9.59 Å². The third-order valence-electron chi connectivity index (χ3n) is 2.51. The fourth-order valence-corrected chi connectivity index (χ4v) is 1.80. The van der Waals surface area contributed by atoms with E-state index in [1.165, 1.54) is 17.1 Å². The van der Waals surface area contributed by atoms with Crippen LogP contribution >= 0.6 is 0 Å². The Morgan fingerprint density at radius 2 is 2.00 bits per heavy atom. The average Bonchev–Trinajstić information content (AvgIpc) is 2.29. The Balaban J connectivity index is 3.10. The van der Waals surface area contributed by atoms with Crippen molar-refractivity contribution in [2.75, 3.05) is 19.1 Å². The van der Waals surface area contributed by atoms with Crippen LogP contribution in [0.15, 0.2) is 27.8 Å². The molecule has 0 atom stereocenters. The number of carbonyl (C=O) groups is 1. The first-order chi connectivity index (χ1) is 8.43. The third-order valence-corrected chi connectivity index (χ3v) is 2.51. The Kier molecular flexibility index (Phi) is 2.66. The Morgan fingerprint density at radius 3 is 2.56 bits per heavy atom. The van der Waals surface area contributed by atoms with Gasteiger partial charge in [0, 0.05) is 14.1 Å². The molecule has 0 aliphatic heterocycles. The van der Waals surface area contributed by atoms with Crippen molar-refractivity contribution in [1.29, 1.82) is 0 Å². The van der Waals surface area contributed by atoms with Crippen LogP contribution in [0.5, 0.6) is 0 Å². The van der Waals surface area contributed by atoms with Gasteiger partial charge in [-0.1, -0.05) is 6.07 Å². The molecule has 0 aliphatic rings. The highest BCUT2D eigenvalue weighted by Gasteiger charge is 2.16. The van der Waals surface area contributed by atoms with Gasteiger partial charge in [0.15, 0.2) is 0 Å². The van der Waals surface area contributed by atoms with E-state index in [1.807, 2.05) is 0 Å². The smallest absolute Gasteiger partial charge is 0.337 e. The van der Waals surface area contributed by atoms with Gasteiger partial charge in [0.1, 0.15) is 5.52 Å². The van der Waals surface area contributed by atoms with E-state index >= 15 is 0 Å². The first-order valence-corrected chi connectivity index (χ1v) is 5.12. The average molecular weight is 249 g/mol. The molecule has 0 amide bonds. The van der Waals surface area contributed by atoms with E-state index in [0.29, 0.717) is 5.52 Å². The molecule has 0 aliphatic carbocycles. The standard InChI is InChI=1S/C11H11N3O4/c1-13(2)14-8-6(11(17)18)4-3-5-7(8)12-9(15)10(14)16/h3-5H,1-2H3,(H,12,15)(H,17,18). The Labute approximate surface area is 101 Å². The molecule has 0 saturated carbocycles. The second-order valence-corrected chi connectivity index (χ2v) is 3.93. The maximum Gasteiger partial charge on any atom is 0.337 e. The minimum atomic E-state index is -1.16. The van der Waals surface area contributed by atoms with Crippen LogP contribution in [0.25, 0.3) is 11.0 Å². The van der Waals surface area contributed by atoms with Crippen molar-refractivity contribution in [1.82, 2.24) is 9.66 Å². The summed E-state index contributed by atoms with van der Waals surface area (Å²) in [5.74, 6) is -1.16. The number of aromatic amines is 1. The van der Waals surface area contributed by atoms with Gasteiger partial charge in [-0.2, -0.15) is 0 Å². The summed E-state index contributed by atoms with van der Waals surface area (Å²) >= 11 is 0. The quantitative estimate of drug-likeness (QED) is 0.705. The van der Waals surface area contributed by atoms with E-state index in [1.54, 1.807) is 20.2 Å². The van der Waals surface area contributed by atoms with Crippen LogP contribution in [-0.2, 0) is 0 Å². The number of benzene rings is 1. The Hall–Kier alpha value is -2.57. The fraction of sp³-hybridized carbons (Fsp3) is 0.182. The molecule has 2 N–H and O–H groups in total. The van der Waals surface area contributed by atoms with Crippen molar-refractivity contribution >= 4 is 17.0 Å². The fourth-order valence-electron chi connectivity index (χ4n) is 1.80. The third kappa shape index (κ3) is 1.65. The van der Waals surface area contributed by atoms with Gasteiger partial charge in [0.2, 0.25) is 0 Å². The first-order valence-electron chi connectivity index (χ1n) is 5.12. The van der Waals surface area contributed by atoms with Crippen molar-refractivity contribution in [3.8, 4) is 0 Å². The lowest BCUT2D eigenvalue weighted by Crippen LogP contribution is -2.45. The summed E-state index contributed by atoms with van der Waals surface area (Å²) in [4.78, 5) is 36.8. The first kappa shape index (κ1) is 11.9. The molecule has 18 heavy (non-hydrogen) atoms. The van der Waals surface area contributed by atoms with Gasteiger partial charge < -0.3 is 15.1 Å². The second-order valence-electron chi connectivity index (χ2n) is 3.93. The van der Waals surface area contributed by atoms with Crippen molar-refractivity contribution in [2.45, 2.75) is 0 Å². The topological polar surface area (TPSA) is 95.4 Å². The van der Waals surface area contributed by atoms with Crippen LogP contribution in [0.1, 0.15) is 10.4 Å². The van der Waals surface area contributed by atoms with Crippen LogP contribution in [-0.4, -0.2) is 34.8 Å². The molecule has 0 bridgehead atoms. The largest absolute Gasteiger partial charge is 0.478 e. The molecule has 7 nitrogen and oxygen atoms in total. The van der Waals surface area contributed by atoms with Gasteiger partial charge in [0.25, 0.3) is 0 Å². The minimum Gasteiger partial charge on any atom is -0.478 e. The molecule has 94 valence electrons. The molecule has 0 fully saturated rings. The second kappa shape index (κ2) is 4.02. The molecule has 1 aromatic carbocycles. The molecule has 2 aromatic rings. The van der Waals surface area contributed by atoms with Crippen LogP contribution in [0.4, 0.5) is 0 Å². The molecule has 2 rings (SSSR count). The zero-order valence-corrected chi connectivity index (χ0v) is 9.80. The van der Waals surface area contributed by atoms with E-state index in [0.717, 1.165) is 4.68 Å². The number of hydrogen-bond acceptors (Lipinski definition) is 4. The van der Waals surface area contributed by atoms with Crippen LogP contribution < -0.4 is 16.1 Å². The Morgan fingerprint density at radius 1 is 1.33 bits per heavy atom. The molecule has 7 heteroatoms. The zero-order chi connectivity index (χ0) is 13.4. The van der Waals surface area contributed by atoms with Gasteiger partial charge in [-0.25, -0.2) is 9.47 Å². The summed E-state index contributed by atoms with van der Waals surface area (Å²) < 4.78 is 1.04. The summed E-state index contributed by atoms with van der Waals surface area (Å²) in [7, 11) is 3.11. The lowest BCUT2D eigenvalue weighted by molar-refractivity contribution is 0.0698. The molecular formula is C11H11N3O4. The number of carboxylic acid groups (broad SMARTS) is 1. The zero-order valence-electron chi connectivity index (χ0n) is 9.80. The highest BCUT2D eigenvalue weighted by molar-refractivity contribution is 6.00. The van der Waals surface area contributed by atoms with Crippen molar-refractivity contribution in [3.63, 3.8) is 0 Å². The number of carboxylic acids is 1. The molecule has 0 unspecified atom stereocenters. The predicted octanol–water partition coefficient (Wildman–Crippen LogP) is -0.414. The van der Waals surface area contributed by atoms with E-state index < -0.39 is 17.1 Å². The monoisotopic (exact) mass is 249 g/mol. The number of hydrogen-bond donors (Lipinski definition) is 2. The van der Waals surface area contributed by atoms with E-state index in [2.05, 4.69) is 4.98 Å². The lowest BCUT2D eigenvalue weighted by Gasteiger charge is -2.18. The summed E-state index contributed by atoms with van der Waals surface area (Å²) in [5.41, 5.74) is -1.19. The molecule has 0 saturated heterocycles. The number of aromatic carboxylic acids is 1. The van der Waals surface area contributed by atoms with E-state index in [-0.39, 0.29) is 11.1 Å². The van der Waals surface area contributed by atoms with Crippen molar-refractivity contribution in [3.05, 3.63) is 44.5 Å². The summed E-state index contributed by atoms with van der Waals surface area (Å²) in [6, 6.07) is 4.43. The van der Waals surface area contributed by atoms with Gasteiger partial charge in [-0.15, -0.1) is 0 Å². The molecule has 1 heterocycles. The molecule has 0 radical (unpaired) electrons. The Bertz CT molecular complexity index is 742. The lowest BCUT2D eigenvalue weighted by atomic mass is 10.2. The van der Waals surface area contributed by atoms with Crippen LogP contribution in [0, 0.1) is 0 Å². The van der Waals surface area contributed by atoms with Crippen LogP contribution in [0.3, 0.4) is 0 Å². The van der Waals surface area contributed by atoms with E-state index in [4.69, 9.17) is 5.11 Å². The summed E-state index contributed by atoms with van der Waals surface area (Å²) in [5, 5.41) is 10.5. The number of fused-ring (bicyclic) bond motifs is 1. The normalized spacial score (nSPS) is 10.6. The van der Waals surface area contributed by atoms with Gasteiger partial charge in [-0.05, 0) is 12.1 Å². The van der Waals surface area contributed by atoms with Gasteiger partial charge >= 0.3 is 17.1 Å². The SMILES string of the molecule is CN(C)n1c(=O)c(=O)[nH]c2cccc(C(=O)O)c21. The number of aromatic nitrogens is 2. The summed E-state index contributed by atoms with van der Waals surface area (Å²) in [6.45, 7) is 0. The van der Waals surface area contributed by atoms with Crippen molar-refractivity contribution in [2.24, 2.45) is 0 Å². The number of rotatable bonds is 2. The number of para-hydroxylation sites is 1. The van der Waals surface area contributed by atoms with Crippen LogP contribution in [0.2, 0.25) is 0 Å². The maximum atomic E-state index is 11.8. The molecule has 0 spiro atoms. The molecule has 1 aromatic heterocycles. The predicted molar refractivity (Wildman–Crippen MR) is 65.9 cm³/mol. The highest BCUT2D eigenvalue weighted by atomic mass is 16.4. The maximum absolute atomic E-state index is 11.8.